The molecule has 1 aromatic rings. The van der Waals surface area contributed by atoms with Gasteiger partial charge in [-0.15, -0.1) is 0 Å². The standard InChI is InChI=1S/C7H9BO/c1-8-6-3-2-4-7(9)5-6/h2-5,8-9H,1H3. The van der Waals surface area contributed by atoms with E-state index in [1.807, 2.05) is 12.1 Å². The van der Waals surface area contributed by atoms with Crippen molar-refractivity contribution >= 4 is 12.7 Å². The molecular formula is C7H9BO. The first-order valence-electron chi connectivity index (χ1n) is 3.11. The van der Waals surface area contributed by atoms with Crippen LogP contribution < -0.4 is 5.46 Å². The summed E-state index contributed by atoms with van der Waals surface area (Å²) < 4.78 is 0. The molecule has 0 saturated carbocycles. The van der Waals surface area contributed by atoms with E-state index in [1.54, 1.807) is 12.1 Å². The molecule has 46 valence electrons. The molecule has 0 aromatic heterocycles. The molecular weight excluding hydrogens is 111 g/mol. The summed E-state index contributed by atoms with van der Waals surface area (Å²) in [4.78, 5) is 0. The van der Waals surface area contributed by atoms with Crippen molar-refractivity contribution < 1.29 is 5.11 Å². The normalized spacial score (nSPS) is 9.00. The maximum Gasteiger partial charge on any atom is 0.154 e. The lowest BCUT2D eigenvalue weighted by molar-refractivity contribution is 0.476. The summed E-state index contributed by atoms with van der Waals surface area (Å²) >= 11 is 0. The largest absolute Gasteiger partial charge is 0.508 e. The Morgan fingerprint density at radius 1 is 1.44 bits per heavy atom. The molecule has 0 aliphatic rings. The topological polar surface area (TPSA) is 20.2 Å². The molecule has 0 unspecified atom stereocenters. The molecule has 1 N–H and O–H groups in total. The number of aromatic hydroxyl groups is 1. The summed E-state index contributed by atoms with van der Waals surface area (Å²) in [5.74, 6) is 0.356. The van der Waals surface area contributed by atoms with Gasteiger partial charge in [-0.2, -0.15) is 0 Å². The zero-order valence-corrected chi connectivity index (χ0v) is 5.46. The van der Waals surface area contributed by atoms with Crippen LogP contribution in [-0.2, 0) is 0 Å². The van der Waals surface area contributed by atoms with Gasteiger partial charge in [0.05, 0.1) is 0 Å². The number of hydrogen-bond donors (Lipinski definition) is 1. The van der Waals surface area contributed by atoms with E-state index in [4.69, 9.17) is 5.11 Å². The average molecular weight is 120 g/mol. The summed E-state index contributed by atoms with van der Waals surface area (Å²) in [5, 5.41) is 8.94. The van der Waals surface area contributed by atoms with Crippen molar-refractivity contribution in [2.45, 2.75) is 6.82 Å². The monoisotopic (exact) mass is 120 g/mol. The van der Waals surface area contributed by atoms with E-state index in [-0.39, 0.29) is 0 Å². The molecule has 0 heterocycles. The van der Waals surface area contributed by atoms with Crippen molar-refractivity contribution in [2.75, 3.05) is 0 Å². The third-order valence-electron chi connectivity index (χ3n) is 1.32. The smallest absolute Gasteiger partial charge is 0.154 e. The van der Waals surface area contributed by atoms with Crippen LogP contribution in [0.25, 0.3) is 0 Å². The molecule has 0 aliphatic carbocycles. The van der Waals surface area contributed by atoms with Crippen molar-refractivity contribution in [3.8, 4) is 5.75 Å². The summed E-state index contributed by atoms with van der Waals surface area (Å²) in [6.45, 7) is 2.06. The number of phenolic OH excluding ortho intramolecular Hbond substituents is 1. The third kappa shape index (κ3) is 1.49. The highest BCUT2D eigenvalue weighted by atomic mass is 16.3. The van der Waals surface area contributed by atoms with Crippen LogP contribution in [0.15, 0.2) is 24.3 Å². The van der Waals surface area contributed by atoms with Gasteiger partial charge in [0, 0.05) is 0 Å². The zero-order valence-electron chi connectivity index (χ0n) is 5.46. The molecule has 0 amide bonds. The molecule has 2 heteroatoms. The van der Waals surface area contributed by atoms with E-state index >= 15 is 0 Å². The third-order valence-corrected chi connectivity index (χ3v) is 1.32. The van der Waals surface area contributed by atoms with Crippen LogP contribution in [-0.4, -0.2) is 12.4 Å². The van der Waals surface area contributed by atoms with Gasteiger partial charge in [0.1, 0.15) is 5.75 Å². The number of phenols is 1. The fourth-order valence-corrected chi connectivity index (χ4v) is 0.776. The Morgan fingerprint density at radius 2 is 2.22 bits per heavy atom. The first-order chi connectivity index (χ1) is 4.33. The van der Waals surface area contributed by atoms with E-state index in [9.17, 15) is 0 Å². The van der Waals surface area contributed by atoms with Gasteiger partial charge in [0.15, 0.2) is 7.28 Å². The molecule has 1 nitrogen and oxygen atoms in total. The van der Waals surface area contributed by atoms with Crippen molar-refractivity contribution in [1.29, 1.82) is 0 Å². The maximum atomic E-state index is 8.94. The predicted octanol–water partition coefficient (Wildman–Crippen LogP) is 0.502. The fraction of sp³-hybridized carbons (Fsp3) is 0.143. The van der Waals surface area contributed by atoms with E-state index in [2.05, 4.69) is 6.82 Å². The molecule has 1 aromatic carbocycles. The summed E-state index contributed by atoms with van der Waals surface area (Å²) in [6.07, 6.45) is 0. The second-order valence-electron chi connectivity index (χ2n) is 2.02. The van der Waals surface area contributed by atoms with Crippen LogP contribution in [0.3, 0.4) is 0 Å². The molecule has 0 spiro atoms. The van der Waals surface area contributed by atoms with Crippen LogP contribution >= 0.6 is 0 Å². The maximum absolute atomic E-state index is 8.94. The minimum atomic E-state index is 0.356. The second-order valence-corrected chi connectivity index (χ2v) is 2.02. The van der Waals surface area contributed by atoms with Crippen LogP contribution in [0.5, 0.6) is 5.75 Å². The number of rotatable bonds is 1. The average Bonchev–Trinajstić information content (AvgIpc) is 1.88. The lowest BCUT2D eigenvalue weighted by Gasteiger charge is -1.93. The van der Waals surface area contributed by atoms with Crippen molar-refractivity contribution in [3.05, 3.63) is 24.3 Å². The highest BCUT2D eigenvalue weighted by Gasteiger charge is 1.89. The van der Waals surface area contributed by atoms with Gasteiger partial charge >= 0.3 is 0 Å². The number of benzene rings is 1. The molecule has 0 atom stereocenters. The minimum absolute atomic E-state index is 0.356. The minimum Gasteiger partial charge on any atom is -0.508 e. The van der Waals surface area contributed by atoms with Crippen LogP contribution in [0.4, 0.5) is 0 Å². The summed E-state index contributed by atoms with van der Waals surface area (Å²) in [5.41, 5.74) is 1.18. The van der Waals surface area contributed by atoms with E-state index < -0.39 is 0 Å². The van der Waals surface area contributed by atoms with Gasteiger partial charge in [0.25, 0.3) is 0 Å². The van der Waals surface area contributed by atoms with E-state index in [0.717, 1.165) is 7.28 Å². The lowest BCUT2D eigenvalue weighted by atomic mass is 9.73. The predicted molar refractivity (Wildman–Crippen MR) is 40.8 cm³/mol. The highest BCUT2D eigenvalue weighted by molar-refractivity contribution is 6.51. The van der Waals surface area contributed by atoms with Crippen LogP contribution in [0, 0.1) is 0 Å². The molecule has 0 radical (unpaired) electrons. The Kier molecular flexibility index (Phi) is 1.78. The Labute approximate surface area is 55.6 Å². The van der Waals surface area contributed by atoms with Crippen molar-refractivity contribution in [2.24, 2.45) is 0 Å². The summed E-state index contributed by atoms with van der Waals surface area (Å²) in [7, 11) is 0.981. The molecule has 0 saturated heterocycles. The van der Waals surface area contributed by atoms with Crippen LogP contribution in [0.2, 0.25) is 6.82 Å². The quantitative estimate of drug-likeness (QED) is 0.535. The Hall–Kier alpha value is -0.915. The van der Waals surface area contributed by atoms with Gasteiger partial charge in [0.2, 0.25) is 0 Å². The van der Waals surface area contributed by atoms with Gasteiger partial charge in [-0.05, 0) is 12.1 Å². The van der Waals surface area contributed by atoms with Gasteiger partial charge in [-0.25, -0.2) is 0 Å². The summed E-state index contributed by atoms with van der Waals surface area (Å²) in [6, 6.07) is 7.31. The van der Waals surface area contributed by atoms with Crippen molar-refractivity contribution in [1.82, 2.24) is 0 Å². The first-order valence-corrected chi connectivity index (χ1v) is 3.11. The first kappa shape index (κ1) is 6.21. The van der Waals surface area contributed by atoms with Gasteiger partial charge < -0.3 is 5.11 Å². The highest BCUT2D eigenvalue weighted by Crippen LogP contribution is 2.01. The SMILES string of the molecule is CBc1cccc(O)c1. The van der Waals surface area contributed by atoms with E-state index in [0.29, 0.717) is 5.75 Å². The molecule has 0 bridgehead atoms. The zero-order chi connectivity index (χ0) is 6.69. The lowest BCUT2D eigenvalue weighted by Crippen LogP contribution is -2.08. The van der Waals surface area contributed by atoms with Crippen molar-refractivity contribution in [3.63, 3.8) is 0 Å². The molecule has 0 fully saturated rings. The molecule has 1 rings (SSSR count). The van der Waals surface area contributed by atoms with E-state index in [1.165, 1.54) is 5.46 Å². The molecule has 9 heavy (non-hydrogen) atoms. The van der Waals surface area contributed by atoms with Gasteiger partial charge in [-0.3, -0.25) is 0 Å². The second kappa shape index (κ2) is 2.58. The molecule has 0 aliphatic heterocycles. The fourth-order valence-electron chi connectivity index (χ4n) is 0.776. The van der Waals surface area contributed by atoms with Crippen LogP contribution in [0.1, 0.15) is 0 Å². The number of hydrogen-bond acceptors (Lipinski definition) is 1. The van der Waals surface area contributed by atoms with Gasteiger partial charge in [-0.1, -0.05) is 24.4 Å². The Bertz CT molecular complexity index is 198. The Morgan fingerprint density at radius 3 is 2.67 bits per heavy atom. The Balaban J connectivity index is 2.94.